The summed E-state index contributed by atoms with van der Waals surface area (Å²) in [7, 11) is 4.06. The van der Waals surface area contributed by atoms with Gasteiger partial charge in [-0.1, -0.05) is 0 Å². The van der Waals surface area contributed by atoms with Crippen molar-refractivity contribution in [3.8, 4) is 0 Å². The van der Waals surface area contributed by atoms with Crippen LogP contribution in [-0.4, -0.2) is 83.7 Å². The van der Waals surface area contributed by atoms with Crippen molar-refractivity contribution >= 4 is 6.03 Å². The summed E-state index contributed by atoms with van der Waals surface area (Å²) in [4.78, 5) is 20.9. The fourth-order valence-electron chi connectivity index (χ4n) is 2.90. The minimum absolute atomic E-state index is 0.164. The molecule has 2 amide bonds. The average Bonchev–Trinajstić information content (AvgIpc) is 2.63. The van der Waals surface area contributed by atoms with Crippen molar-refractivity contribution in [3.05, 3.63) is 0 Å². The number of likely N-dealkylation sites (tertiary alicyclic amines) is 1. The molecule has 0 radical (unpaired) electrons. The summed E-state index contributed by atoms with van der Waals surface area (Å²) in [6, 6.07) is 0.999. The van der Waals surface area contributed by atoms with E-state index in [-0.39, 0.29) is 17.6 Å². The van der Waals surface area contributed by atoms with Gasteiger partial charge in [0.05, 0.1) is 12.2 Å². The van der Waals surface area contributed by atoms with Crippen LogP contribution >= 0.6 is 0 Å². The highest BCUT2D eigenvalue weighted by molar-refractivity contribution is 5.76. The number of hydrogen-bond acceptors (Lipinski definition) is 3. The van der Waals surface area contributed by atoms with Gasteiger partial charge >= 0.3 is 6.03 Å². The SMILES string of the molecule is CC(C)N1CN(C)C2(CN(C(=O)N(C)C(C)C)C2)C1. The van der Waals surface area contributed by atoms with Gasteiger partial charge in [-0.3, -0.25) is 9.80 Å². The summed E-state index contributed by atoms with van der Waals surface area (Å²) in [5.74, 6) is 0. The zero-order chi connectivity index (χ0) is 14.4. The Balaban J connectivity index is 1.94. The lowest BCUT2D eigenvalue weighted by atomic mass is 9.89. The van der Waals surface area contributed by atoms with Gasteiger partial charge in [-0.05, 0) is 34.7 Å². The Morgan fingerprint density at radius 3 is 2.16 bits per heavy atom. The van der Waals surface area contributed by atoms with Crippen molar-refractivity contribution in [2.24, 2.45) is 0 Å². The van der Waals surface area contributed by atoms with E-state index in [9.17, 15) is 4.79 Å². The third kappa shape index (κ3) is 2.46. The molecule has 1 spiro atoms. The molecule has 5 heteroatoms. The summed E-state index contributed by atoms with van der Waals surface area (Å²) < 4.78 is 0. The number of nitrogens with zero attached hydrogens (tertiary/aromatic N) is 4. The van der Waals surface area contributed by atoms with E-state index >= 15 is 0 Å². The standard InChI is InChI=1S/C14H28N4O/c1-11(2)16(6)13(19)17-7-14(8-17)9-18(12(3)4)10-15(14)5/h11-12H,7-10H2,1-6H3. The molecule has 2 aliphatic heterocycles. The number of likely N-dealkylation sites (N-methyl/N-ethyl adjacent to an activating group) is 1. The number of hydrogen-bond donors (Lipinski definition) is 0. The molecule has 0 saturated carbocycles. The summed E-state index contributed by atoms with van der Waals surface area (Å²) >= 11 is 0. The van der Waals surface area contributed by atoms with E-state index in [2.05, 4.69) is 44.5 Å². The highest BCUT2D eigenvalue weighted by atomic mass is 16.2. The Hall–Kier alpha value is -0.810. The molecule has 2 aliphatic rings. The van der Waals surface area contributed by atoms with Gasteiger partial charge < -0.3 is 9.80 Å². The predicted molar refractivity (Wildman–Crippen MR) is 77.1 cm³/mol. The van der Waals surface area contributed by atoms with Crippen molar-refractivity contribution in [2.75, 3.05) is 40.4 Å². The van der Waals surface area contributed by atoms with Crippen LogP contribution in [0.25, 0.3) is 0 Å². The van der Waals surface area contributed by atoms with Gasteiger partial charge in [0.2, 0.25) is 0 Å². The molecule has 0 aromatic heterocycles. The lowest BCUT2D eigenvalue weighted by Crippen LogP contribution is -2.71. The van der Waals surface area contributed by atoms with Crippen LogP contribution in [-0.2, 0) is 0 Å². The summed E-state index contributed by atoms with van der Waals surface area (Å²) in [6.07, 6.45) is 0. The second kappa shape index (κ2) is 4.94. The Bertz CT molecular complexity index is 349. The lowest BCUT2D eigenvalue weighted by Gasteiger charge is -2.52. The molecular formula is C14H28N4O. The Labute approximate surface area is 117 Å². The van der Waals surface area contributed by atoms with Crippen LogP contribution in [0.4, 0.5) is 4.79 Å². The molecular weight excluding hydrogens is 240 g/mol. The second-order valence-corrected chi connectivity index (χ2v) is 6.75. The van der Waals surface area contributed by atoms with E-state index in [0.29, 0.717) is 6.04 Å². The molecule has 0 atom stereocenters. The topological polar surface area (TPSA) is 30.0 Å². The van der Waals surface area contributed by atoms with Gasteiger partial charge in [-0.25, -0.2) is 4.79 Å². The van der Waals surface area contributed by atoms with Crippen LogP contribution in [0.5, 0.6) is 0 Å². The number of amides is 2. The lowest BCUT2D eigenvalue weighted by molar-refractivity contribution is 0.00643. The first-order chi connectivity index (χ1) is 8.77. The second-order valence-electron chi connectivity index (χ2n) is 6.75. The first-order valence-electron chi connectivity index (χ1n) is 7.24. The molecule has 0 aliphatic carbocycles. The van der Waals surface area contributed by atoms with Crippen LogP contribution in [0.1, 0.15) is 27.7 Å². The van der Waals surface area contributed by atoms with E-state index in [1.54, 1.807) is 0 Å². The van der Waals surface area contributed by atoms with Crippen LogP contribution in [0.15, 0.2) is 0 Å². The van der Waals surface area contributed by atoms with E-state index in [4.69, 9.17) is 0 Å². The minimum Gasteiger partial charge on any atom is -0.325 e. The molecule has 5 nitrogen and oxygen atoms in total. The van der Waals surface area contributed by atoms with Crippen molar-refractivity contribution in [1.29, 1.82) is 0 Å². The fourth-order valence-corrected chi connectivity index (χ4v) is 2.90. The summed E-state index contributed by atoms with van der Waals surface area (Å²) in [5.41, 5.74) is 0.192. The van der Waals surface area contributed by atoms with E-state index < -0.39 is 0 Å². The van der Waals surface area contributed by atoms with Crippen LogP contribution in [0, 0.1) is 0 Å². The molecule has 0 bridgehead atoms. The van der Waals surface area contributed by atoms with E-state index in [1.165, 1.54) is 0 Å². The minimum atomic E-state index is 0.164. The molecule has 2 heterocycles. The summed E-state index contributed by atoms with van der Waals surface area (Å²) in [5, 5.41) is 0. The van der Waals surface area contributed by atoms with Crippen LogP contribution in [0.2, 0.25) is 0 Å². The normalized spacial score (nSPS) is 23.5. The van der Waals surface area contributed by atoms with Gasteiger partial charge in [0.1, 0.15) is 0 Å². The molecule has 0 N–H and O–H groups in total. The van der Waals surface area contributed by atoms with Crippen LogP contribution in [0.3, 0.4) is 0 Å². The van der Waals surface area contributed by atoms with Crippen molar-refractivity contribution in [3.63, 3.8) is 0 Å². The average molecular weight is 268 g/mol. The van der Waals surface area contributed by atoms with Gasteiger partial charge in [0, 0.05) is 38.8 Å². The van der Waals surface area contributed by atoms with Gasteiger partial charge in [0.25, 0.3) is 0 Å². The van der Waals surface area contributed by atoms with E-state index in [1.807, 2.05) is 16.8 Å². The first-order valence-corrected chi connectivity index (χ1v) is 7.24. The fraction of sp³-hybridized carbons (Fsp3) is 0.929. The molecule has 2 rings (SSSR count). The molecule has 0 aromatic rings. The Kier molecular flexibility index (Phi) is 3.80. The van der Waals surface area contributed by atoms with Gasteiger partial charge in [-0.15, -0.1) is 0 Å². The van der Waals surface area contributed by atoms with Gasteiger partial charge in [0.15, 0.2) is 0 Å². The molecule has 110 valence electrons. The number of urea groups is 1. The first kappa shape index (κ1) is 14.6. The maximum atomic E-state index is 12.2. The van der Waals surface area contributed by atoms with Gasteiger partial charge in [-0.2, -0.15) is 0 Å². The third-order valence-electron chi connectivity index (χ3n) is 4.75. The number of rotatable bonds is 2. The summed E-state index contributed by atoms with van der Waals surface area (Å²) in [6.45, 7) is 12.4. The number of carbonyl (C=O) groups is 1. The zero-order valence-corrected chi connectivity index (χ0v) is 13.2. The molecule has 0 unspecified atom stereocenters. The highest BCUT2D eigenvalue weighted by Crippen LogP contribution is 2.34. The van der Waals surface area contributed by atoms with Crippen molar-refractivity contribution in [2.45, 2.75) is 45.3 Å². The molecule has 0 aromatic carbocycles. The van der Waals surface area contributed by atoms with Crippen LogP contribution < -0.4 is 0 Å². The number of carbonyl (C=O) groups excluding carboxylic acids is 1. The molecule has 2 saturated heterocycles. The highest BCUT2D eigenvalue weighted by Gasteiger charge is 2.53. The zero-order valence-electron chi connectivity index (χ0n) is 13.2. The van der Waals surface area contributed by atoms with E-state index in [0.717, 1.165) is 26.3 Å². The van der Waals surface area contributed by atoms with Crippen molar-refractivity contribution < 1.29 is 4.79 Å². The Morgan fingerprint density at radius 1 is 1.16 bits per heavy atom. The Morgan fingerprint density at radius 2 is 1.74 bits per heavy atom. The van der Waals surface area contributed by atoms with Crippen molar-refractivity contribution in [1.82, 2.24) is 19.6 Å². The predicted octanol–water partition coefficient (Wildman–Crippen LogP) is 1.11. The molecule has 19 heavy (non-hydrogen) atoms. The maximum absolute atomic E-state index is 12.2. The largest absolute Gasteiger partial charge is 0.325 e. The molecule has 2 fully saturated rings. The smallest absolute Gasteiger partial charge is 0.320 e. The third-order valence-corrected chi connectivity index (χ3v) is 4.75. The monoisotopic (exact) mass is 268 g/mol. The maximum Gasteiger partial charge on any atom is 0.320 e. The quantitative estimate of drug-likeness (QED) is 0.751.